The molecule has 9 atom stereocenters. The van der Waals surface area contributed by atoms with E-state index < -0.39 is 27.8 Å². The van der Waals surface area contributed by atoms with Crippen molar-refractivity contribution in [2.24, 2.45) is 17.8 Å². The molecule has 0 amide bonds. The topological polar surface area (TPSA) is 172 Å². The zero-order valence-electron chi connectivity index (χ0n) is 37.5. The summed E-state index contributed by atoms with van der Waals surface area (Å²) < 4.78 is 25.4. The predicted molar refractivity (Wildman–Crippen MR) is 263 cm³/mol. The summed E-state index contributed by atoms with van der Waals surface area (Å²) in [6.45, 7) is 4.08. The molecule has 3 fully saturated rings. The van der Waals surface area contributed by atoms with Gasteiger partial charge in [-0.2, -0.15) is 12.4 Å². The van der Waals surface area contributed by atoms with Gasteiger partial charge in [-0.1, -0.05) is 69.2 Å². The Hall–Kier alpha value is -3.44. The summed E-state index contributed by atoms with van der Waals surface area (Å²) in [5, 5.41) is 71.9. The first kappa shape index (κ1) is 45.0. The zero-order chi connectivity index (χ0) is 45.7. The number of aliphatic hydroxyl groups excluding tert-OH is 3. The maximum absolute atomic E-state index is 13.8. The number of aromatic nitrogens is 1. The van der Waals surface area contributed by atoms with Crippen LogP contribution in [0, 0.1) is 17.8 Å². The number of methoxy groups -OCH3 is 1. The van der Waals surface area contributed by atoms with Crippen molar-refractivity contribution < 1.29 is 49.6 Å². The van der Waals surface area contributed by atoms with Crippen LogP contribution in [-0.2, 0) is 11.0 Å². The Morgan fingerprint density at radius 2 is 1.79 bits per heavy atom. The van der Waals surface area contributed by atoms with E-state index in [0.29, 0.717) is 48.5 Å². The minimum atomic E-state index is -1.53. The molecule has 10 bridgehead atoms. The maximum atomic E-state index is 13.8. The Morgan fingerprint density at radius 1 is 0.939 bits per heavy atom. The summed E-state index contributed by atoms with van der Waals surface area (Å²) in [5.74, 6) is 1.94. The average Bonchev–Trinajstić information content (AvgIpc) is 3.86. The lowest BCUT2D eigenvalue weighted by atomic mass is 9.52. The predicted octanol–water partition coefficient (Wildman–Crippen LogP) is 9.65. The van der Waals surface area contributed by atoms with Crippen LogP contribution in [0.5, 0.6) is 40.2 Å². The Balaban J connectivity index is 1.22. The molecular weight excluding hydrogens is 915 g/mol. The van der Waals surface area contributed by atoms with Crippen LogP contribution in [0.4, 0.5) is 0 Å². The lowest BCUT2D eigenvalue weighted by molar-refractivity contribution is -0.125. The second-order valence-corrected chi connectivity index (χ2v) is 25.2. The smallest absolute Gasteiger partial charge is 0.207 e. The summed E-state index contributed by atoms with van der Waals surface area (Å²) in [6, 6.07) is 11.2. The molecule has 352 valence electrons. The van der Waals surface area contributed by atoms with Crippen molar-refractivity contribution in [1.29, 1.82) is 0 Å². The number of hydrogen-bond acceptors (Lipinski definition) is 14. The fraction of sp³-hybridized carbons (Fsp3) is 0.529. The number of phenols is 3. The van der Waals surface area contributed by atoms with E-state index in [1.54, 1.807) is 22.9 Å². The van der Waals surface area contributed by atoms with Crippen molar-refractivity contribution >= 4 is 48.7 Å². The SMILES string of the molecule is COc1c(O)c(OCCC(C)C)cc([C@@]23CC[C@@]45CC[C@H]6C[C@@H]7c8cc(O)ccc8-c8c(OCCO)cc(c(c8[C@@]7(CO)CSSCC7=C(c8cc[n-]c8)C[C@@H]6C[C@H]7SS4)[C@@H]5[C@H]2O)O3)c1O. The highest BCUT2D eigenvalue weighted by molar-refractivity contribution is 8.77. The van der Waals surface area contributed by atoms with Gasteiger partial charge in [0.15, 0.2) is 17.1 Å². The van der Waals surface area contributed by atoms with Crippen LogP contribution in [0.1, 0.15) is 105 Å². The lowest BCUT2D eigenvalue weighted by Crippen LogP contribution is -2.61. The minimum Gasteiger partial charge on any atom is -0.670 e. The van der Waals surface area contributed by atoms with Crippen LogP contribution in [0.25, 0.3) is 16.7 Å². The third-order valence-corrected chi connectivity index (χ3v) is 22.4. The van der Waals surface area contributed by atoms with E-state index in [1.165, 1.54) is 23.8 Å². The Labute approximate surface area is 401 Å². The van der Waals surface area contributed by atoms with Gasteiger partial charge in [0.25, 0.3) is 0 Å². The second kappa shape index (κ2) is 17.2. The third-order valence-electron chi connectivity index (χ3n) is 16.2. The monoisotopic (exact) mass is 972 g/mol. The van der Waals surface area contributed by atoms with Crippen molar-refractivity contribution in [3.05, 3.63) is 82.2 Å². The molecule has 1 saturated carbocycles. The van der Waals surface area contributed by atoms with Crippen molar-refractivity contribution in [3.8, 4) is 51.4 Å². The van der Waals surface area contributed by atoms with Crippen LogP contribution >= 0.6 is 43.2 Å². The average molecular weight is 973 g/mol. The number of phenolic OH excluding ortho intramolecular Hbond substituents is 3. The Kier molecular flexibility index (Phi) is 11.7. The van der Waals surface area contributed by atoms with Crippen molar-refractivity contribution in [2.75, 3.05) is 45.0 Å². The highest BCUT2D eigenvalue weighted by atomic mass is 33.1. The molecule has 15 heteroatoms. The van der Waals surface area contributed by atoms with Gasteiger partial charge in [0.2, 0.25) is 11.5 Å². The van der Waals surface area contributed by atoms with Gasteiger partial charge in [0.1, 0.15) is 30.0 Å². The fourth-order valence-electron chi connectivity index (χ4n) is 13.0. The van der Waals surface area contributed by atoms with E-state index in [2.05, 4.69) is 24.9 Å². The van der Waals surface area contributed by atoms with Crippen LogP contribution in [0.2, 0.25) is 0 Å². The quantitative estimate of drug-likeness (QED) is 0.0785. The molecule has 1 spiro atoms. The van der Waals surface area contributed by atoms with E-state index in [1.807, 2.05) is 63.0 Å². The van der Waals surface area contributed by atoms with Crippen molar-refractivity contribution in [2.45, 2.75) is 104 Å². The van der Waals surface area contributed by atoms with Crippen LogP contribution in [0.15, 0.2) is 54.4 Å². The summed E-state index contributed by atoms with van der Waals surface area (Å²) in [6.07, 6.45) is 8.88. The van der Waals surface area contributed by atoms with E-state index in [4.69, 9.17) is 18.9 Å². The van der Waals surface area contributed by atoms with Gasteiger partial charge in [-0.3, -0.25) is 0 Å². The first-order valence-corrected chi connectivity index (χ1v) is 28.1. The number of allylic oxidation sites excluding steroid dienone is 1. The fourth-order valence-corrected chi connectivity index (χ4v) is 19.9. The van der Waals surface area contributed by atoms with Crippen molar-refractivity contribution in [1.82, 2.24) is 4.98 Å². The van der Waals surface area contributed by atoms with Gasteiger partial charge in [0.05, 0.1) is 26.9 Å². The summed E-state index contributed by atoms with van der Waals surface area (Å²) >= 11 is 0. The zero-order valence-corrected chi connectivity index (χ0v) is 40.7. The Bertz CT molecular complexity index is 2570. The van der Waals surface area contributed by atoms with Gasteiger partial charge < -0.3 is 54.6 Å². The molecule has 12 rings (SSSR count). The number of nitrogens with zero attached hydrogens (tertiary/aromatic N) is 1. The van der Waals surface area contributed by atoms with Gasteiger partial charge in [-0.15, -0.1) is 0 Å². The molecule has 4 aliphatic heterocycles. The van der Waals surface area contributed by atoms with Gasteiger partial charge in [-0.25, -0.2) is 0 Å². The molecule has 1 aromatic heterocycles. The normalized spacial score (nSPS) is 31.6. The molecule has 4 aromatic rings. The third kappa shape index (κ3) is 6.81. The van der Waals surface area contributed by atoms with Crippen LogP contribution < -0.4 is 23.9 Å². The molecular formula is C51H58NO10S4-. The molecule has 5 heterocycles. The molecule has 0 unspecified atom stereocenters. The number of ether oxygens (including phenoxy) is 4. The number of rotatable bonds is 11. The minimum absolute atomic E-state index is 0.000933. The standard InChI is InChI=1S/C51H58NO10S4/c1-26(2)8-14-60-39-20-36(45(56)47(59-3)46(39)57)51-11-10-50-9-6-27-17-35-33-19-30(55)4-5-31(33)41-37(61-15-13-53)21-38(62-51)42(44(50)48(51)58)43(41)49(35,24-54)25-64-63-23-34-32(28-7-12-52-22-28)16-29(27)18-40(34)65-66-50/h4-5,7,12,19-22,26-27,29,35,40,44,48,53-58H,6,8-11,13-18,23-25H2,1-3H3/q-1/t27-,29+,35+,40+,44+,48+,49-,50+,51-/m0/s1. The molecule has 2 saturated heterocycles. The molecule has 0 radical (unpaired) electrons. The van der Waals surface area contributed by atoms with E-state index >= 15 is 0 Å². The largest absolute Gasteiger partial charge is 0.670 e. The highest BCUT2D eigenvalue weighted by Crippen LogP contribution is 2.72. The highest BCUT2D eigenvalue weighted by Gasteiger charge is 2.66. The summed E-state index contributed by atoms with van der Waals surface area (Å²) in [5.41, 5.74) is 6.25. The van der Waals surface area contributed by atoms with Gasteiger partial charge in [0, 0.05) is 55.6 Å². The Morgan fingerprint density at radius 3 is 2.56 bits per heavy atom. The number of aromatic hydroxyl groups is 3. The van der Waals surface area contributed by atoms with E-state index in [9.17, 15) is 30.6 Å². The molecule has 66 heavy (non-hydrogen) atoms. The number of fused-ring (bicyclic) bond motifs is 8. The molecule has 11 nitrogen and oxygen atoms in total. The molecule has 8 aliphatic rings. The molecule has 3 aromatic carbocycles. The van der Waals surface area contributed by atoms with Crippen LogP contribution in [-0.4, -0.2) is 91.8 Å². The lowest BCUT2D eigenvalue weighted by Gasteiger charge is -2.60. The summed E-state index contributed by atoms with van der Waals surface area (Å²) in [7, 11) is 8.87. The number of benzene rings is 3. The first-order chi connectivity index (χ1) is 32.0. The number of hydrogen-bond donors (Lipinski definition) is 6. The van der Waals surface area contributed by atoms with Crippen LogP contribution in [0.3, 0.4) is 0 Å². The van der Waals surface area contributed by atoms with E-state index in [-0.39, 0.29) is 71.2 Å². The first-order valence-electron chi connectivity index (χ1n) is 23.4. The van der Waals surface area contributed by atoms with Crippen molar-refractivity contribution in [3.63, 3.8) is 0 Å². The molecule has 6 N–H and O–H groups in total. The molecule has 4 aliphatic carbocycles. The van der Waals surface area contributed by atoms with Gasteiger partial charge in [-0.05, 0) is 127 Å². The number of aliphatic hydroxyl groups is 3. The second-order valence-electron chi connectivity index (χ2n) is 19.9. The van der Waals surface area contributed by atoms with Gasteiger partial charge >= 0.3 is 0 Å². The summed E-state index contributed by atoms with van der Waals surface area (Å²) in [4.78, 5) is 4.54. The van der Waals surface area contributed by atoms with E-state index in [0.717, 1.165) is 72.1 Å². The maximum Gasteiger partial charge on any atom is 0.207 e.